The molecule has 1 amide bonds. The zero-order valence-electron chi connectivity index (χ0n) is 12.2. The molecule has 22 heavy (non-hydrogen) atoms. The monoisotopic (exact) mass is 307 g/mol. The van der Waals surface area contributed by atoms with E-state index in [1.165, 1.54) is 25.3 Å². The molecule has 1 aromatic carbocycles. The van der Waals surface area contributed by atoms with Crippen molar-refractivity contribution in [2.75, 3.05) is 13.7 Å². The Bertz CT molecular complexity index is 616. The molecule has 0 radical (unpaired) electrons. The third-order valence-electron chi connectivity index (χ3n) is 3.78. The molecule has 0 bridgehead atoms. The van der Waals surface area contributed by atoms with E-state index in [1.807, 2.05) is 4.90 Å². The Kier molecular flexibility index (Phi) is 4.71. The van der Waals surface area contributed by atoms with E-state index in [9.17, 15) is 19.7 Å². The molecule has 2 rings (SSSR count). The van der Waals surface area contributed by atoms with Gasteiger partial charge in [0.1, 0.15) is 6.04 Å². The zero-order valence-corrected chi connectivity index (χ0v) is 12.2. The SMILES string of the molecule is COC(=O)C1CCCN1Cc1ccc(C(N)=O)cc1[N+](=O)[O-]. The molecule has 0 aliphatic carbocycles. The molecule has 0 aromatic heterocycles. The summed E-state index contributed by atoms with van der Waals surface area (Å²) in [5.41, 5.74) is 5.49. The average molecular weight is 307 g/mol. The van der Waals surface area contributed by atoms with Gasteiger partial charge in [-0.2, -0.15) is 0 Å². The smallest absolute Gasteiger partial charge is 0.323 e. The van der Waals surface area contributed by atoms with E-state index in [2.05, 4.69) is 0 Å². The van der Waals surface area contributed by atoms with Gasteiger partial charge in [-0.3, -0.25) is 24.6 Å². The summed E-state index contributed by atoms with van der Waals surface area (Å²) in [6, 6.07) is 3.74. The molecule has 1 unspecified atom stereocenters. The first kappa shape index (κ1) is 15.9. The first-order chi connectivity index (χ1) is 10.4. The van der Waals surface area contributed by atoms with Crippen LogP contribution in [0.5, 0.6) is 0 Å². The Morgan fingerprint density at radius 3 is 2.82 bits per heavy atom. The lowest BCUT2D eigenvalue weighted by Gasteiger charge is -2.22. The zero-order chi connectivity index (χ0) is 16.3. The largest absolute Gasteiger partial charge is 0.468 e. The third kappa shape index (κ3) is 3.22. The van der Waals surface area contributed by atoms with E-state index in [1.54, 1.807) is 0 Å². The summed E-state index contributed by atoms with van der Waals surface area (Å²) >= 11 is 0. The molecule has 118 valence electrons. The molecule has 1 aliphatic rings. The Labute approximate surface area is 127 Å². The van der Waals surface area contributed by atoms with Gasteiger partial charge in [-0.05, 0) is 25.5 Å². The highest BCUT2D eigenvalue weighted by molar-refractivity contribution is 5.93. The Hall–Kier alpha value is -2.48. The third-order valence-corrected chi connectivity index (χ3v) is 3.78. The van der Waals surface area contributed by atoms with E-state index < -0.39 is 10.8 Å². The highest BCUT2D eigenvalue weighted by atomic mass is 16.6. The van der Waals surface area contributed by atoms with Crippen LogP contribution in [0.4, 0.5) is 5.69 Å². The molecule has 0 spiro atoms. The fraction of sp³-hybridized carbons (Fsp3) is 0.429. The lowest BCUT2D eigenvalue weighted by molar-refractivity contribution is -0.385. The average Bonchev–Trinajstić information content (AvgIpc) is 2.94. The number of ether oxygens (including phenoxy) is 1. The fourth-order valence-electron chi connectivity index (χ4n) is 2.66. The maximum atomic E-state index is 11.7. The number of esters is 1. The minimum absolute atomic E-state index is 0.0846. The highest BCUT2D eigenvalue weighted by Gasteiger charge is 2.32. The van der Waals surface area contributed by atoms with Crippen LogP contribution >= 0.6 is 0 Å². The van der Waals surface area contributed by atoms with Gasteiger partial charge >= 0.3 is 5.97 Å². The maximum Gasteiger partial charge on any atom is 0.323 e. The van der Waals surface area contributed by atoms with Gasteiger partial charge in [0.15, 0.2) is 0 Å². The lowest BCUT2D eigenvalue weighted by atomic mass is 10.1. The second-order valence-corrected chi connectivity index (χ2v) is 5.12. The van der Waals surface area contributed by atoms with Crippen molar-refractivity contribution >= 4 is 17.6 Å². The predicted octanol–water partition coefficient (Wildman–Crippen LogP) is 0.831. The Morgan fingerprint density at radius 1 is 1.50 bits per heavy atom. The lowest BCUT2D eigenvalue weighted by Crippen LogP contribution is -2.36. The number of nitro groups is 1. The van der Waals surface area contributed by atoms with Crippen molar-refractivity contribution in [1.82, 2.24) is 4.90 Å². The van der Waals surface area contributed by atoms with E-state index in [0.717, 1.165) is 6.42 Å². The summed E-state index contributed by atoms with van der Waals surface area (Å²) in [4.78, 5) is 35.3. The van der Waals surface area contributed by atoms with Gasteiger partial charge in [-0.15, -0.1) is 0 Å². The molecule has 0 saturated carbocycles. The van der Waals surface area contributed by atoms with E-state index in [0.29, 0.717) is 18.5 Å². The molecule has 8 nitrogen and oxygen atoms in total. The van der Waals surface area contributed by atoms with Gasteiger partial charge in [0.2, 0.25) is 5.91 Å². The number of carbonyl (C=O) groups is 2. The number of hydrogen-bond acceptors (Lipinski definition) is 6. The molecule has 2 N–H and O–H groups in total. The number of likely N-dealkylation sites (tertiary alicyclic amines) is 1. The summed E-state index contributed by atoms with van der Waals surface area (Å²) in [7, 11) is 1.32. The van der Waals surface area contributed by atoms with E-state index in [4.69, 9.17) is 10.5 Å². The minimum atomic E-state index is -0.719. The number of carbonyl (C=O) groups excluding carboxylic acids is 2. The molecule has 1 saturated heterocycles. The summed E-state index contributed by atoms with van der Waals surface area (Å²) in [6.45, 7) is 0.906. The van der Waals surface area contributed by atoms with Crippen LogP contribution in [0.1, 0.15) is 28.8 Å². The number of nitrogens with zero attached hydrogens (tertiary/aromatic N) is 2. The maximum absolute atomic E-state index is 11.7. The van der Waals surface area contributed by atoms with Crippen molar-refractivity contribution in [3.05, 3.63) is 39.4 Å². The molecule has 1 heterocycles. The van der Waals surface area contributed by atoms with Crippen molar-refractivity contribution in [3.8, 4) is 0 Å². The van der Waals surface area contributed by atoms with Gasteiger partial charge < -0.3 is 10.5 Å². The predicted molar refractivity (Wildman–Crippen MR) is 77.1 cm³/mol. The second-order valence-electron chi connectivity index (χ2n) is 5.12. The molecule has 1 aromatic rings. The second kappa shape index (κ2) is 6.52. The number of rotatable bonds is 5. The fourth-order valence-corrected chi connectivity index (χ4v) is 2.66. The summed E-state index contributed by atoms with van der Waals surface area (Å²) < 4.78 is 4.75. The van der Waals surface area contributed by atoms with Gasteiger partial charge in [0, 0.05) is 23.7 Å². The van der Waals surface area contributed by atoms with Crippen LogP contribution in [-0.2, 0) is 16.1 Å². The van der Waals surface area contributed by atoms with Crippen LogP contribution in [0, 0.1) is 10.1 Å². The summed E-state index contributed by atoms with van der Waals surface area (Å²) in [5, 5.41) is 11.2. The van der Waals surface area contributed by atoms with Crippen molar-refractivity contribution in [1.29, 1.82) is 0 Å². The van der Waals surface area contributed by atoms with Gasteiger partial charge in [-0.1, -0.05) is 6.07 Å². The number of nitrogens with two attached hydrogens (primary N) is 1. The van der Waals surface area contributed by atoms with Crippen LogP contribution in [0.15, 0.2) is 18.2 Å². The van der Waals surface area contributed by atoms with Crippen molar-refractivity contribution in [3.63, 3.8) is 0 Å². The van der Waals surface area contributed by atoms with Crippen LogP contribution in [0.2, 0.25) is 0 Å². The molecule has 8 heteroatoms. The standard InChI is InChI=1S/C14H17N3O5/c1-22-14(19)11-3-2-6-16(11)8-10-5-4-9(13(15)18)7-12(10)17(20)21/h4-5,7,11H,2-3,6,8H2,1H3,(H2,15,18). The van der Waals surface area contributed by atoms with Crippen molar-refractivity contribution in [2.45, 2.75) is 25.4 Å². The number of primary amides is 1. The summed E-state index contributed by atoms with van der Waals surface area (Å²) in [6.07, 6.45) is 1.49. The quantitative estimate of drug-likeness (QED) is 0.489. The first-order valence-corrected chi connectivity index (χ1v) is 6.83. The van der Waals surface area contributed by atoms with Gasteiger partial charge in [-0.25, -0.2) is 0 Å². The number of hydrogen-bond donors (Lipinski definition) is 1. The number of benzene rings is 1. The van der Waals surface area contributed by atoms with Gasteiger partial charge in [0.05, 0.1) is 12.0 Å². The van der Waals surface area contributed by atoms with Crippen molar-refractivity contribution < 1.29 is 19.2 Å². The van der Waals surface area contributed by atoms with Crippen molar-refractivity contribution in [2.24, 2.45) is 5.73 Å². The van der Waals surface area contributed by atoms with E-state index in [-0.39, 0.29) is 29.8 Å². The molecule has 1 aliphatic heterocycles. The molecular formula is C14H17N3O5. The number of nitro benzene ring substituents is 1. The van der Waals surface area contributed by atoms with E-state index >= 15 is 0 Å². The molecule has 1 atom stereocenters. The minimum Gasteiger partial charge on any atom is -0.468 e. The van der Waals surface area contributed by atoms with Gasteiger partial charge in [0.25, 0.3) is 5.69 Å². The highest BCUT2D eigenvalue weighted by Crippen LogP contribution is 2.26. The molecular weight excluding hydrogens is 290 g/mol. The van der Waals surface area contributed by atoms with Crippen LogP contribution in [0.25, 0.3) is 0 Å². The van der Waals surface area contributed by atoms with Crippen LogP contribution < -0.4 is 5.73 Å². The topological polar surface area (TPSA) is 116 Å². The Morgan fingerprint density at radius 2 is 2.23 bits per heavy atom. The summed E-state index contributed by atoms with van der Waals surface area (Å²) in [5.74, 6) is -1.06. The number of methoxy groups -OCH3 is 1. The Balaban J connectivity index is 2.27. The van der Waals surface area contributed by atoms with Crippen LogP contribution in [-0.4, -0.2) is 41.4 Å². The molecule has 1 fully saturated rings. The van der Waals surface area contributed by atoms with Crippen LogP contribution in [0.3, 0.4) is 0 Å². The number of amides is 1. The first-order valence-electron chi connectivity index (χ1n) is 6.83. The normalized spacial score (nSPS) is 18.1.